The number of unbranched alkanes of at least 4 members (excludes halogenated alkanes) is 1. The Kier molecular flexibility index (Phi) is 5.68. The van der Waals surface area contributed by atoms with Crippen LogP contribution in [0, 0.1) is 5.92 Å². The van der Waals surface area contributed by atoms with E-state index in [4.69, 9.17) is 0 Å². The van der Waals surface area contributed by atoms with Gasteiger partial charge in [-0.2, -0.15) is 0 Å². The molecule has 1 rings (SSSR count). The average Bonchev–Trinajstić information content (AvgIpc) is 2.25. The summed E-state index contributed by atoms with van der Waals surface area (Å²) in [7, 11) is 0. The number of hydrogen-bond donors (Lipinski definition) is 1. The minimum Gasteiger partial charge on any atom is -0.143 e. The molecule has 88 valence electrons. The van der Waals surface area contributed by atoms with Gasteiger partial charge < -0.3 is 0 Å². The summed E-state index contributed by atoms with van der Waals surface area (Å²) >= 11 is 4.29. The monoisotopic (exact) mass is 234 g/mol. The van der Waals surface area contributed by atoms with E-state index in [0.29, 0.717) is 0 Å². The van der Waals surface area contributed by atoms with Crippen molar-refractivity contribution in [2.75, 3.05) is 0 Å². The normalized spacial score (nSPS) is 12.2. The zero-order valence-electron chi connectivity index (χ0n) is 10.5. The highest BCUT2D eigenvalue weighted by atomic mass is 32.1. The molecule has 0 saturated carbocycles. The second-order valence-electron chi connectivity index (χ2n) is 4.76. The largest absolute Gasteiger partial charge is 0.143 e. The Morgan fingerprint density at radius 2 is 1.88 bits per heavy atom. The third-order valence-electron chi connectivity index (χ3n) is 2.76. The predicted molar refractivity (Wildman–Crippen MR) is 76.0 cm³/mol. The fraction of sp³-hybridized carbons (Fsp3) is 0.467. The molecular weight excluding hydrogens is 212 g/mol. The molecule has 0 aliphatic heterocycles. The summed E-state index contributed by atoms with van der Waals surface area (Å²) in [5.74, 6) is 0.817. The molecule has 0 radical (unpaired) electrons. The topological polar surface area (TPSA) is 0 Å². The van der Waals surface area contributed by atoms with Crippen molar-refractivity contribution in [2.45, 2.75) is 44.9 Å². The van der Waals surface area contributed by atoms with E-state index in [0.717, 1.165) is 10.8 Å². The summed E-state index contributed by atoms with van der Waals surface area (Å²) in [5, 5.41) is 0. The van der Waals surface area contributed by atoms with Gasteiger partial charge in [-0.05, 0) is 49.0 Å². The zero-order chi connectivity index (χ0) is 12.0. The van der Waals surface area contributed by atoms with Crippen LogP contribution >= 0.6 is 12.6 Å². The van der Waals surface area contributed by atoms with Crippen LogP contribution in [-0.2, 0) is 0 Å². The van der Waals surface area contributed by atoms with Gasteiger partial charge in [0.1, 0.15) is 0 Å². The number of thiol groups is 1. The van der Waals surface area contributed by atoms with Crippen molar-refractivity contribution in [1.82, 2.24) is 0 Å². The smallest absolute Gasteiger partial charge is 0.00403 e. The molecular formula is C15H22S. The van der Waals surface area contributed by atoms with E-state index in [9.17, 15) is 0 Å². The molecule has 0 saturated heterocycles. The van der Waals surface area contributed by atoms with Crippen molar-refractivity contribution in [3.8, 4) is 0 Å². The number of allylic oxidation sites excluding steroid dienone is 2. The Morgan fingerprint density at radius 3 is 2.44 bits per heavy atom. The van der Waals surface area contributed by atoms with Crippen molar-refractivity contribution >= 4 is 18.2 Å². The molecule has 0 bridgehead atoms. The second kappa shape index (κ2) is 6.80. The fourth-order valence-electron chi connectivity index (χ4n) is 1.69. The van der Waals surface area contributed by atoms with Crippen LogP contribution in [0.15, 0.2) is 35.2 Å². The van der Waals surface area contributed by atoms with Crippen LogP contribution in [0.2, 0.25) is 0 Å². The lowest BCUT2D eigenvalue weighted by molar-refractivity contribution is 0.560. The molecule has 1 aromatic carbocycles. The van der Waals surface area contributed by atoms with Gasteiger partial charge in [-0.25, -0.2) is 0 Å². The maximum atomic E-state index is 4.29. The Labute approximate surface area is 105 Å². The van der Waals surface area contributed by atoms with Crippen LogP contribution in [0.3, 0.4) is 0 Å². The molecule has 16 heavy (non-hydrogen) atoms. The quantitative estimate of drug-likeness (QED) is 0.525. The zero-order valence-corrected chi connectivity index (χ0v) is 11.4. The first kappa shape index (κ1) is 13.4. The first-order valence-electron chi connectivity index (χ1n) is 6.05. The lowest BCUT2D eigenvalue weighted by Gasteiger charge is -2.04. The van der Waals surface area contributed by atoms with E-state index >= 15 is 0 Å². The molecule has 1 heteroatoms. The van der Waals surface area contributed by atoms with Crippen LogP contribution in [-0.4, -0.2) is 0 Å². The minimum absolute atomic E-state index is 0.817. The third-order valence-corrected chi connectivity index (χ3v) is 3.06. The third kappa shape index (κ3) is 4.89. The summed E-state index contributed by atoms with van der Waals surface area (Å²) in [6.45, 7) is 6.74. The molecule has 0 aliphatic carbocycles. The average molecular weight is 234 g/mol. The summed E-state index contributed by atoms with van der Waals surface area (Å²) in [5.41, 5.74) is 2.68. The molecule has 0 fully saturated rings. The van der Waals surface area contributed by atoms with Gasteiger partial charge in [0.25, 0.3) is 0 Å². The van der Waals surface area contributed by atoms with Crippen molar-refractivity contribution in [3.05, 3.63) is 35.9 Å². The van der Waals surface area contributed by atoms with Crippen molar-refractivity contribution < 1.29 is 0 Å². The van der Waals surface area contributed by atoms with E-state index < -0.39 is 0 Å². The van der Waals surface area contributed by atoms with Crippen molar-refractivity contribution in [2.24, 2.45) is 5.92 Å². The van der Waals surface area contributed by atoms with Crippen molar-refractivity contribution in [1.29, 1.82) is 0 Å². The van der Waals surface area contributed by atoms with Crippen LogP contribution < -0.4 is 0 Å². The molecule has 0 aromatic heterocycles. The maximum Gasteiger partial charge on any atom is 0.00403 e. The molecule has 0 amide bonds. The highest BCUT2D eigenvalue weighted by Crippen LogP contribution is 2.18. The number of rotatable bonds is 5. The number of hydrogen-bond acceptors (Lipinski definition) is 1. The first-order valence-corrected chi connectivity index (χ1v) is 6.50. The standard InChI is InChI=1S/C15H22S/c1-12(2)6-4-5-7-13(3)14-8-10-15(16)11-9-14/h7-12,16H,4-6H2,1-3H3/b13-7+. The van der Waals surface area contributed by atoms with E-state index in [2.05, 4.69) is 51.6 Å². The lowest BCUT2D eigenvalue weighted by Crippen LogP contribution is -1.86. The maximum absolute atomic E-state index is 4.29. The first-order chi connectivity index (χ1) is 7.59. The van der Waals surface area contributed by atoms with E-state index in [-0.39, 0.29) is 0 Å². The Balaban J connectivity index is 2.47. The van der Waals surface area contributed by atoms with Gasteiger partial charge in [0.2, 0.25) is 0 Å². The molecule has 1 aromatic rings. The summed E-state index contributed by atoms with van der Waals surface area (Å²) < 4.78 is 0. The molecule has 0 unspecified atom stereocenters. The summed E-state index contributed by atoms with van der Waals surface area (Å²) in [6.07, 6.45) is 6.14. The summed E-state index contributed by atoms with van der Waals surface area (Å²) in [6, 6.07) is 8.36. The van der Waals surface area contributed by atoms with Gasteiger partial charge >= 0.3 is 0 Å². The Morgan fingerprint density at radius 1 is 1.25 bits per heavy atom. The van der Waals surface area contributed by atoms with E-state index in [1.54, 1.807) is 0 Å². The van der Waals surface area contributed by atoms with Crippen LogP contribution in [0.25, 0.3) is 5.57 Å². The molecule has 0 atom stereocenters. The fourth-order valence-corrected chi connectivity index (χ4v) is 1.84. The molecule has 0 heterocycles. The molecule has 0 N–H and O–H groups in total. The summed E-state index contributed by atoms with van der Waals surface area (Å²) in [4.78, 5) is 1.02. The van der Waals surface area contributed by atoms with Gasteiger partial charge in [0.15, 0.2) is 0 Å². The number of benzene rings is 1. The van der Waals surface area contributed by atoms with E-state index in [1.165, 1.54) is 30.4 Å². The van der Waals surface area contributed by atoms with E-state index in [1.807, 2.05) is 12.1 Å². The van der Waals surface area contributed by atoms with Crippen LogP contribution in [0.5, 0.6) is 0 Å². The lowest BCUT2D eigenvalue weighted by atomic mass is 10.0. The predicted octanol–water partition coefficient (Wildman–Crippen LogP) is 5.20. The highest BCUT2D eigenvalue weighted by molar-refractivity contribution is 7.80. The molecule has 0 nitrogen and oxygen atoms in total. The van der Waals surface area contributed by atoms with Gasteiger partial charge in [-0.3, -0.25) is 0 Å². The molecule has 0 spiro atoms. The Hall–Kier alpha value is -0.690. The van der Waals surface area contributed by atoms with Gasteiger partial charge in [0.05, 0.1) is 0 Å². The second-order valence-corrected chi connectivity index (χ2v) is 5.28. The van der Waals surface area contributed by atoms with Gasteiger partial charge in [0, 0.05) is 4.90 Å². The van der Waals surface area contributed by atoms with Crippen molar-refractivity contribution in [3.63, 3.8) is 0 Å². The van der Waals surface area contributed by atoms with Gasteiger partial charge in [-0.15, -0.1) is 12.6 Å². The van der Waals surface area contributed by atoms with Crippen LogP contribution in [0.1, 0.15) is 45.6 Å². The van der Waals surface area contributed by atoms with Crippen LogP contribution in [0.4, 0.5) is 0 Å². The highest BCUT2D eigenvalue weighted by Gasteiger charge is 1.96. The minimum atomic E-state index is 0.817. The molecule has 0 aliphatic rings. The van der Waals surface area contributed by atoms with Gasteiger partial charge in [-0.1, -0.05) is 38.5 Å². The SMILES string of the molecule is C/C(=C\CCCC(C)C)c1ccc(S)cc1. The Bertz CT molecular complexity index is 333.